The van der Waals surface area contributed by atoms with Gasteiger partial charge in [0.05, 0.1) is 7.11 Å². The van der Waals surface area contributed by atoms with Crippen LogP contribution >= 0.6 is 12.2 Å². The number of thiocarbonyl (C=S) groups is 1. The smallest absolute Gasteiger partial charge is 0.273 e. The summed E-state index contributed by atoms with van der Waals surface area (Å²) in [6.45, 7) is 7.75. The van der Waals surface area contributed by atoms with Gasteiger partial charge in [-0.2, -0.15) is 0 Å². The van der Waals surface area contributed by atoms with Gasteiger partial charge in [0, 0.05) is 23.8 Å². The van der Waals surface area contributed by atoms with E-state index in [1.807, 2.05) is 18.2 Å². The first kappa shape index (κ1) is 20.4. The number of anilines is 1. The number of hydrogen-bond donors (Lipinski definition) is 2. The summed E-state index contributed by atoms with van der Waals surface area (Å²) in [6, 6.07) is 11.1. The second-order valence-corrected chi connectivity index (χ2v) is 8.52. The fourth-order valence-corrected chi connectivity index (χ4v) is 4.47. The third kappa shape index (κ3) is 3.79. The number of carbonyl (C=O) groups is 1. The molecular weight excluding hydrogens is 394 g/mol. The van der Waals surface area contributed by atoms with E-state index in [9.17, 15) is 4.79 Å². The van der Waals surface area contributed by atoms with Crippen LogP contribution in [0.25, 0.3) is 17.2 Å². The molecule has 0 bridgehead atoms. The molecule has 6 heteroatoms. The lowest BCUT2D eigenvalue weighted by atomic mass is 9.91. The zero-order valence-electron chi connectivity index (χ0n) is 17.8. The molecule has 1 saturated heterocycles. The molecule has 0 spiro atoms. The largest absolute Gasteiger partial charge is 0.496 e. The number of nitrogens with one attached hydrogen (secondary N) is 2. The molecule has 2 aromatic carbocycles. The zero-order chi connectivity index (χ0) is 21.4. The van der Waals surface area contributed by atoms with Gasteiger partial charge in [0.2, 0.25) is 0 Å². The van der Waals surface area contributed by atoms with E-state index in [1.54, 1.807) is 7.11 Å². The van der Waals surface area contributed by atoms with Crippen LogP contribution in [-0.4, -0.2) is 30.7 Å². The van der Waals surface area contributed by atoms with Gasteiger partial charge >= 0.3 is 0 Å². The van der Waals surface area contributed by atoms with E-state index in [-0.39, 0.29) is 5.91 Å². The van der Waals surface area contributed by atoms with Crippen molar-refractivity contribution in [2.45, 2.75) is 39.7 Å². The van der Waals surface area contributed by atoms with Crippen molar-refractivity contribution in [2.75, 3.05) is 18.6 Å². The number of amides is 1. The lowest BCUT2D eigenvalue weighted by Gasteiger charge is -2.35. The van der Waals surface area contributed by atoms with Gasteiger partial charge in [-0.25, -0.2) is 0 Å². The number of aryl methyl sites for hydroxylation is 2. The summed E-state index contributed by atoms with van der Waals surface area (Å²) in [7, 11) is 1.69. The van der Waals surface area contributed by atoms with E-state index in [2.05, 4.69) is 54.5 Å². The number of nitrogens with zero attached hydrogens (tertiary/aromatic N) is 1. The highest BCUT2D eigenvalue weighted by molar-refractivity contribution is 7.80. The summed E-state index contributed by atoms with van der Waals surface area (Å²) in [5.74, 6) is 0.604. The maximum absolute atomic E-state index is 12.0. The van der Waals surface area contributed by atoms with Crippen LogP contribution in [0.4, 0.5) is 5.69 Å². The highest BCUT2D eigenvalue weighted by atomic mass is 32.1. The van der Waals surface area contributed by atoms with E-state index in [1.165, 1.54) is 16.8 Å². The average molecular weight is 422 g/mol. The van der Waals surface area contributed by atoms with Gasteiger partial charge in [-0.15, -0.1) is 0 Å². The van der Waals surface area contributed by atoms with Gasteiger partial charge in [-0.3, -0.25) is 10.1 Å². The predicted molar refractivity (Wildman–Crippen MR) is 126 cm³/mol. The van der Waals surface area contributed by atoms with Crippen LogP contribution in [-0.2, 0) is 11.2 Å². The summed E-state index contributed by atoms with van der Waals surface area (Å²) < 4.78 is 5.67. The number of ether oxygens (including phenoxy) is 1. The second-order valence-electron chi connectivity index (χ2n) is 8.11. The van der Waals surface area contributed by atoms with Gasteiger partial charge in [0.1, 0.15) is 11.4 Å². The van der Waals surface area contributed by atoms with Crippen molar-refractivity contribution in [3.63, 3.8) is 0 Å². The minimum atomic E-state index is -0.212. The molecule has 30 heavy (non-hydrogen) atoms. The topological polar surface area (TPSA) is 53.6 Å². The molecule has 2 N–H and O–H groups in total. The average Bonchev–Trinajstić information content (AvgIpc) is 3.03. The minimum absolute atomic E-state index is 0.212. The highest BCUT2D eigenvalue weighted by Crippen LogP contribution is 2.39. The number of hydrogen-bond acceptors (Lipinski definition) is 4. The molecule has 2 aliphatic heterocycles. The first-order valence-corrected chi connectivity index (χ1v) is 10.7. The lowest BCUT2D eigenvalue weighted by Crippen LogP contribution is -2.35. The van der Waals surface area contributed by atoms with Gasteiger partial charge in [0.25, 0.3) is 5.91 Å². The predicted octanol–water partition coefficient (Wildman–Crippen LogP) is 4.18. The van der Waals surface area contributed by atoms with Crippen molar-refractivity contribution < 1.29 is 9.53 Å². The Morgan fingerprint density at radius 2 is 1.97 bits per heavy atom. The third-order valence-electron chi connectivity index (χ3n) is 5.75. The first-order chi connectivity index (χ1) is 14.4. The summed E-state index contributed by atoms with van der Waals surface area (Å²) in [6.07, 6.45) is 4.06. The Labute approximate surface area is 183 Å². The maximum Gasteiger partial charge on any atom is 0.273 e. The summed E-state index contributed by atoms with van der Waals surface area (Å²) in [5.41, 5.74) is 7.48. The van der Waals surface area contributed by atoms with Crippen LogP contribution in [0.5, 0.6) is 5.75 Å². The van der Waals surface area contributed by atoms with Gasteiger partial charge in [-0.1, -0.05) is 6.07 Å². The van der Waals surface area contributed by atoms with Crippen LogP contribution in [0.2, 0.25) is 0 Å². The van der Waals surface area contributed by atoms with E-state index in [0.717, 1.165) is 41.8 Å². The normalized spacial score (nSPS) is 17.2. The molecule has 156 valence electrons. The molecule has 0 unspecified atom stereocenters. The Morgan fingerprint density at radius 1 is 1.17 bits per heavy atom. The lowest BCUT2D eigenvalue weighted by molar-refractivity contribution is -0.115. The molecule has 4 rings (SSSR count). The summed E-state index contributed by atoms with van der Waals surface area (Å²) in [5, 5.41) is 5.83. The van der Waals surface area contributed by atoms with E-state index in [0.29, 0.717) is 16.9 Å². The fraction of sp³-hybridized carbons (Fsp3) is 0.333. The number of benzene rings is 2. The molecule has 0 saturated carbocycles. The van der Waals surface area contributed by atoms with Crippen LogP contribution in [0, 0.1) is 6.92 Å². The van der Waals surface area contributed by atoms with Crippen molar-refractivity contribution >= 4 is 35.0 Å². The molecule has 2 heterocycles. The summed E-state index contributed by atoms with van der Waals surface area (Å²) in [4.78, 5) is 14.5. The van der Waals surface area contributed by atoms with E-state index in [4.69, 9.17) is 17.0 Å². The summed E-state index contributed by atoms with van der Waals surface area (Å²) >= 11 is 5.03. The Morgan fingerprint density at radius 3 is 2.63 bits per heavy atom. The fourth-order valence-electron chi connectivity index (χ4n) is 4.27. The molecule has 0 aliphatic carbocycles. The Balaban J connectivity index is 1.79. The Hall–Kier alpha value is -2.86. The molecular formula is C24H27N3O2S. The van der Waals surface area contributed by atoms with Crippen molar-refractivity contribution in [3.05, 3.63) is 52.7 Å². The number of fused-ring (bicyclic) bond motifs is 1. The Kier molecular flexibility index (Phi) is 5.52. The standard InChI is InChI=1S/C24H27N3O2S/c1-14(2)27-9-5-6-17-13-18(15(3)10-21(17)27)19-11-16(7-8-22(19)29-4)12-20-23(28)26-24(30)25-20/h7-8,10-14H,5-6,9H2,1-4H3,(H2,25,26,28,30). The van der Waals surface area contributed by atoms with Gasteiger partial charge in [-0.05, 0) is 98.4 Å². The minimum Gasteiger partial charge on any atom is -0.496 e. The van der Waals surface area contributed by atoms with E-state index < -0.39 is 0 Å². The Bertz CT molecular complexity index is 1060. The first-order valence-electron chi connectivity index (χ1n) is 10.3. The molecule has 0 radical (unpaired) electrons. The van der Waals surface area contributed by atoms with Crippen LogP contribution in [0.1, 0.15) is 37.0 Å². The third-order valence-corrected chi connectivity index (χ3v) is 5.95. The zero-order valence-corrected chi connectivity index (χ0v) is 18.7. The van der Waals surface area contributed by atoms with Crippen LogP contribution in [0.3, 0.4) is 0 Å². The van der Waals surface area contributed by atoms with Crippen LogP contribution < -0.4 is 20.3 Å². The molecule has 0 atom stereocenters. The number of methoxy groups -OCH3 is 1. The van der Waals surface area contributed by atoms with Gasteiger partial charge in [0.15, 0.2) is 5.11 Å². The van der Waals surface area contributed by atoms with E-state index >= 15 is 0 Å². The molecule has 0 aromatic heterocycles. The quantitative estimate of drug-likeness (QED) is 0.573. The molecule has 1 fully saturated rings. The monoisotopic (exact) mass is 421 g/mol. The highest BCUT2D eigenvalue weighted by Gasteiger charge is 2.23. The number of carbonyl (C=O) groups excluding carboxylic acids is 1. The second kappa shape index (κ2) is 8.11. The molecule has 1 amide bonds. The molecule has 2 aromatic rings. The van der Waals surface area contributed by atoms with Crippen molar-refractivity contribution in [1.29, 1.82) is 0 Å². The van der Waals surface area contributed by atoms with Crippen molar-refractivity contribution in [3.8, 4) is 16.9 Å². The molecule has 2 aliphatic rings. The van der Waals surface area contributed by atoms with Gasteiger partial charge < -0.3 is 15.0 Å². The van der Waals surface area contributed by atoms with Crippen molar-refractivity contribution in [2.24, 2.45) is 0 Å². The maximum atomic E-state index is 12.0. The van der Waals surface area contributed by atoms with Crippen molar-refractivity contribution in [1.82, 2.24) is 10.6 Å². The number of rotatable bonds is 4. The SMILES string of the molecule is COc1ccc(C=C2NC(=S)NC2=O)cc1-c1cc2c(cc1C)N(C(C)C)CCC2. The molecule has 5 nitrogen and oxygen atoms in total. The van der Waals surface area contributed by atoms with Crippen LogP contribution in [0.15, 0.2) is 36.0 Å².